The van der Waals surface area contributed by atoms with Gasteiger partial charge in [-0.15, -0.1) is 20.4 Å². The lowest BCUT2D eigenvalue weighted by atomic mass is 10.2. The van der Waals surface area contributed by atoms with E-state index in [1.807, 2.05) is 55.7 Å². The number of thioether (sulfide) groups is 1. The Hall–Kier alpha value is -2.72. The molecule has 0 fully saturated rings. The van der Waals surface area contributed by atoms with Gasteiger partial charge in [-0.25, -0.2) is 0 Å². The van der Waals surface area contributed by atoms with Gasteiger partial charge < -0.3 is 4.42 Å². The largest absolute Gasteiger partial charge is 0.453 e. The Bertz CT molecular complexity index is 1110. The van der Waals surface area contributed by atoms with Crippen molar-refractivity contribution < 1.29 is 9.21 Å². The Kier molecular flexibility index (Phi) is 5.63. The predicted octanol–water partition coefficient (Wildman–Crippen LogP) is 4.42. The van der Waals surface area contributed by atoms with Gasteiger partial charge in [-0.3, -0.25) is 14.7 Å². The molecule has 1 aromatic carbocycles. The second-order valence-corrected chi connectivity index (χ2v) is 8.61. The lowest BCUT2D eigenvalue weighted by molar-refractivity contribution is -0.113. The van der Waals surface area contributed by atoms with E-state index < -0.39 is 0 Å². The number of carbonyl (C=O) groups excluding carboxylic acids is 1. The highest BCUT2D eigenvalue weighted by Gasteiger charge is 2.20. The summed E-state index contributed by atoms with van der Waals surface area (Å²) in [5.74, 6) is 1.35. The number of para-hydroxylation sites is 1. The first-order valence-electron chi connectivity index (χ1n) is 9.24. The van der Waals surface area contributed by atoms with Gasteiger partial charge in [0, 0.05) is 11.4 Å². The first-order chi connectivity index (χ1) is 14.0. The van der Waals surface area contributed by atoms with Crippen LogP contribution in [0.15, 0.2) is 39.9 Å². The predicted molar refractivity (Wildman–Crippen MR) is 114 cm³/mol. The van der Waals surface area contributed by atoms with E-state index in [9.17, 15) is 4.79 Å². The first-order valence-corrected chi connectivity index (χ1v) is 11.0. The molecule has 1 N–H and O–H groups in total. The minimum absolute atomic E-state index is 0.106. The van der Waals surface area contributed by atoms with Crippen LogP contribution in [0.25, 0.3) is 22.6 Å². The molecule has 4 aromatic rings. The van der Waals surface area contributed by atoms with Gasteiger partial charge in [0.05, 0.1) is 5.75 Å². The zero-order valence-electron chi connectivity index (χ0n) is 16.2. The molecule has 0 radical (unpaired) electrons. The summed E-state index contributed by atoms with van der Waals surface area (Å²) < 4.78 is 7.93. The number of nitrogens with zero attached hydrogens (tertiary/aromatic N) is 5. The Balaban J connectivity index is 1.51. The van der Waals surface area contributed by atoms with Gasteiger partial charge in [-0.1, -0.05) is 48.2 Å². The molecular formula is C19H20N6O2S2. The van der Waals surface area contributed by atoms with Crippen molar-refractivity contribution in [2.75, 3.05) is 11.1 Å². The van der Waals surface area contributed by atoms with Crippen molar-refractivity contribution in [3.05, 3.63) is 35.3 Å². The van der Waals surface area contributed by atoms with Crippen LogP contribution in [0.2, 0.25) is 0 Å². The van der Waals surface area contributed by atoms with Crippen molar-refractivity contribution in [1.29, 1.82) is 0 Å². The number of rotatable bonds is 7. The van der Waals surface area contributed by atoms with Crippen LogP contribution in [0.3, 0.4) is 0 Å². The van der Waals surface area contributed by atoms with Crippen molar-refractivity contribution in [2.24, 2.45) is 0 Å². The third-order valence-corrected chi connectivity index (χ3v) is 6.10. The van der Waals surface area contributed by atoms with E-state index in [4.69, 9.17) is 4.42 Å². The fourth-order valence-electron chi connectivity index (χ4n) is 2.83. The number of aromatic nitrogens is 5. The summed E-state index contributed by atoms with van der Waals surface area (Å²) in [6.45, 7) is 6.10. The third-order valence-electron chi connectivity index (χ3n) is 4.17. The summed E-state index contributed by atoms with van der Waals surface area (Å²) in [6, 6.07) is 9.89. The van der Waals surface area contributed by atoms with E-state index in [1.165, 1.54) is 23.1 Å². The molecule has 0 aliphatic carbocycles. The number of hydrogen-bond donors (Lipinski definition) is 1. The average Bonchev–Trinajstić information content (AvgIpc) is 3.43. The lowest BCUT2D eigenvalue weighted by Gasteiger charge is -2.12. The smallest absolute Gasteiger partial charge is 0.236 e. The fraction of sp³-hybridized carbons (Fsp3) is 0.316. The average molecular weight is 429 g/mol. The standard InChI is InChI=1S/C19H20N6O2S2/c1-4-16-21-23-18(29-16)20-15(26)10-28-19-24-22-17(25(19)11(2)3)14-9-12-7-5-6-8-13(12)27-14/h5-9,11H,4,10H2,1-3H3,(H,20,23,26). The number of fused-ring (bicyclic) bond motifs is 1. The quantitative estimate of drug-likeness (QED) is 0.435. The van der Waals surface area contributed by atoms with Crippen LogP contribution in [0.5, 0.6) is 0 Å². The van der Waals surface area contributed by atoms with Crippen LogP contribution in [-0.4, -0.2) is 36.6 Å². The second-order valence-electron chi connectivity index (χ2n) is 6.61. The minimum Gasteiger partial charge on any atom is -0.453 e. The van der Waals surface area contributed by atoms with Crippen molar-refractivity contribution in [3.63, 3.8) is 0 Å². The number of carbonyl (C=O) groups is 1. The zero-order chi connectivity index (χ0) is 20.4. The molecule has 0 saturated heterocycles. The third kappa shape index (κ3) is 4.18. The van der Waals surface area contributed by atoms with Crippen molar-refractivity contribution in [1.82, 2.24) is 25.0 Å². The van der Waals surface area contributed by atoms with Gasteiger partial charge >= 0.3 is 0 Å². The Morgan fingerprint density at radius 2 is 2.07 bits per heavy atom. The molecule has 150 valence electrons. The number of nitrogens with one attached hydrogen (secondary N) is 1. The summed E-state index contributed by atoms with van der Waals surface area (Å²) >= 11 is 2.72. The summed E-state index contributed by atoms with van der Waals surface area (Å²) in [6.07, 6.45) is 0.796. The second kappa shape index (κ2) is 8.34. The molecule has 1 amide bonds. The molecule has 0 unspecified atom stereocenters. The van der Waals surface area contributed by atoms with Crippen LogP contribution >= 0.6 is 23.1 Å². The monoisotopic (exact) mass is 428 g/mol. The van der Waals surface area contributed by atoms with Crippen molar-refractivity contribution in [2.45, 2.75) is 38.4 Å². The summed E-state index contributed by atoms with van der Waals surface area (Å²) in [5.41, 5.74) is 0.804. The van der Waals surface area contributed by atoms with Gasteiger partial charge in [0.15, 0.2) is 10.9 Å². The molecule has 0 atom stereocenters. The number of benzene rings is 1. The van der Waals surface area contributed by atoms with Crippen LogP contribution in [0.1, 0.15) is 31.8 Å². The highest BCUT2D eigenvalue weighted by atomic mass is 32.2. The van der Waals surface area contributed by atoms with Gasteiger partial charge in [-0.05, 0) is 32.4 Å². The molecule has 0 aliphatic rings. The van der Waals surface area contributed by atoms with E-state index in [0.29, 0.717) is 21.9 Å². The topological polar surface area (TPSA) is 98.7 Å². The van der Waals surface area contributed by atoms with E-state index >= 15 is 0 Å². The fourth-order valence-corrected chi connectivity index (χ4v) is 4.40. The summed E-state index contributed by atoms with van der Waals surface area (Å²) in [5, 5.41) is 22.5. The Morgan fingerprint density at radius 3 is 2.79 bits per heavy atom. The minimum atomic E-state index is -0.155. The van der Waals surface area contributed by atoms with Crippen LogP contribution in [-0.2, 0) is 11.2 Å². The summed E-state index contributed by atoms with van der Waals surface area (Å²) in [4.78, 5) is 12.3. The highest BCUT2D eigenvalue weighted by molar-refractivity contribution is 7.99. The van der Waals surface area contributed by atoms with Crippen molar-refractivity contribution in [3.8, 4) is 11.6 Å². The van der Waals surface area contributed by atoms with E-state index in [-0.39, 0.29) is 17.7 Å². The number of furan rings is 1. The molecule has 4 rings (SSSR count). The van der Waals surface area contributed by atoms with Gasteiger partial charge in [0.1, 0.15) is 10.6 Å². The lowest BCUT2D eigenvalue weighted by Crippen LogP contribution is -2.15. The van der Waals surface area contributed by atoms with Gasteiger partial charge in [-0.2, -0.15) is 0 Å². The molecule has 0 bridgehead atoms. The maximum absolute atomic E-state index is 12.3. The van der Waals surface area contributed by atoms with Crippen LogP contribution in [0.4, 0.5) is 5.13 Å². The molecule has 8 nitrogen and oxygen atoms in total. The normalized spacial score (nSPS) is 11.4. The molecule has 0 saturated carbocycles. The number of aryl methyl sites for hydroxylation is 1. The van der Waals surface area contributed by atoms with Gasteiger partial charge in [0.25, 0.3) is 0 Å². The SMILES string of the molecule is CCc1nnc(NC(=O)CSc2nnc(-c3cc4ccccc4o3)n2C(C)C)s1. The van der Waals surface area contributed by atoms with E-state index in [2.05, 4.69) is 25.7 Å². The van der Waals surface area contributed by atoms with E-state index in [0.717, 1.165) is 22.4 Å². The molecule has 29 heavy (non-hydrogen) atoms. The van der Waals surface area contributed by atoms with Gasteiger partial charge in [0.2, 0.25) is 16.9 Å². The maximum Gasteiger partial charge on any atom is 0.236 e. The molecule has 0 aliphatic heterocycles. The highest BCUT2D eigenvalue weighted by Crippen LogP contribution is 2.31. The summed E-state index contributed by atoms with van der Waals surface area (Å²) in [7, 11) is 0. The molecule has 10 heteroatoms. The Labute approximate surface area is 175 Å². The van der Waals surface area contributed by atoms with Crippen molar-refractivity contribution >= 4 is 45.1 Å². The van der Waals surface area contributed by atoms with E-state index in [1.54, 1.807) is 0 Å². The number of anilines is 1. The zero-order valence-corrected chi connectivity index (χ0v) is 17.9. The first kappa shape index (κ1) is 19.6. The van der Waals surface area contributed by atoms with Crippen LogP contribution < -0.4 is 5.32 Å². The van der Waals surface area contributed by atoms with Crippen LogP contribution in [0, 0.1) is 0 Å². The molecule has 0 spiro atoms. The molecule has 3 heterocycles. The number of hydrogen-bond acceptors (Lipinski definition) is 8. The molecule has 3 aromatic heterocycles. The maximum atomic E-state index is 12.3. The molecular weight excluding hydrogens is 408 g/mol. The Morgan fingerprint density at radius 1 is 1.24 bits per heavy atom. The number of amides is 1.